The maximum absolute atomic E-state index is 12.9. The predicted octanol–water partition coefficient (Wildman–Crippen LogP) is 2.16. The number of hydrogen-bond donors (Lipinski definition) is 2. The van der Waals surface area contributed by atoms with Crippen LogP contribution in [0.25, 0.3) is 0 Å². The first-order valence-electron chi connectivity index (χ1n) is 4.70. The molecule has 16 heavy (non-hydrogen) atoms. The molecule has 5 heteroatoms. The van der Waals surface area contributed by atoms with Gasteiger partial charge < -0.3 is 4.98 Å². The molecule has 1 aromatic heterocycles. The summed E-state index contributed by atoms with van der Waals surface area (Å²) < 4.78 is 13.2. The van der Waals surface area contributed by atoms with E-state index >= 15 is 0 Å². The van der Waals surface area contributed by atoms with Gasteiger partial charge in [-0.05, 0) is 29.9 Å². The van der Waals surface area contributed by atoms with Gasteiger partial charge in [0.1, 0.15) is 5.82 Å². The number of aromatic amines is 2. The summed E-state index contributed by atoms with van der Waals surface area (Å²) in [5.74, 6) is -0.291. The second kappa shape index (κ2) is 4.40. The van der Waals surface area contributed by atoms with Gasteiger partial charge in [-0.15, -0.1) is 0 Å². The zero-order valence-electron chi connectivity index (χ0n) is 8.29. The van der Waals surface area contributed by atoms with Crippen molar-refractivity contribution in [1.82, 2.24) is 9.97 Å². The smallest absolute Gasteiger partial charge is 0.251 e. The average Bonchev–Trinajstić information content (AvgIpc) is 2.15. The van der Waals surface area contributed by atoms with Gasteiger partial charge in [-0.1, -0.05) is 12.1 Å². The van der Waals surface area contributed by atoms with Crippen LogP contribution < -0.4 is 5.56 Å². The van der Waals surface area contributed by atoms with Crippen molar-refractivity contribution in [3.63, 3.8) is 0 Å². The minimum atomic E-state index is -0.291. The highest BCUT2D eigenvalue weighted by Crippen LogP contribution is 2.07. The van der Waals surface area contributed by atoms with Crippen molar-refractivity contribution in [2.24, 2.45) is 0 Å². The van der Waals surface area contributed by atoms with E-state index in [9.17, 15) is 9.18 Å². The molecule has 0 atom stereocenters. The van der Waals surface area contributed by atoms with Crippen LogP contribution in [-0.4, -0.2) is 9.97 Å². The van der Waals surface area contributed by atoms with E-state index in [4.69, 9.17) is 12.2 Å². The molecule has 82 valence electrons. The van der Waals surface area contributed by atoms with Crippen molar-refractivity contribution in [2.45, 2.75) is 6.42 Å². The predicted molar refractivity (Wildman–Crippen MR) is 61.5 cm³/mol. The van der Waals surface area contributed by atoms with E-state index in [1.54, 1.807) is 12.1 Å². The van der Waals surface area contributed by atoms with E-state index in [0.717, 1.165) is 5.56 Å². The average molecular weight is 236 g/mol. The number of halogens is 1. The van der Waals surface area contributed by atoms with Crippen LogP contribution in [-0.2, 0) is 6.42 Å². The number of rotatable bonds is 2. The molecule has 3 nitrogen and oxygen atoms in total. The Morgan fingerprint density at radius 3 is 2.75 bits per heavy atom. The van der Waals surface area contributed by atoms with Crippen LogP contribution in [0.5, 0.6) is 0 Å². The topological polar surface area (TPSA) is 48.6 Å². The molecule has 2 rings (SSSR count). The first-order valence-corrected chi connectivity index (χ1v) is 5.11. The van der Waals surface area contributed by atoms with Gasteiger partial charge >= 0.3 is 0 Å². The molecule has 1 aromatic carbocycles. The molecule has 0 radical (unpaired) electrons. The Morgan fingerprint density at radius 1 is 1.25 bits per heavy atom. The highest BCUT2D eigenvalue weighted by atomic mass is 32.1. The molecule has 0 amide bonds. The van der Waals surface area contributed by atoms with Gasteiger partial charge in [0.25, 0.3) is 5.56 Å². The SMILES string of the molecule is O=c1cc(Cc2cccc(F)c2)[nH]c(=S)[nH]1. The molecule has 0 aliphatic heterocycles. The molecule has 0 fully saturated rings. The van der Waals surface area contributed by atoms with Crippen molar-refractivity contribution in [3.05, 3.63) is 62.5 Å². The lowest BCUT2D eigenvalue weighted by molar-refractivity contribution is 0.626. The zero-order valence-corrected chi connectivity index (χ0v) is 9.10. The van der Waals surface area contributed by atoms with Crippen molar-refractivity contribution < 1.29 is 4.39 Å². The fraction of sp³-hybridized carbons (Fsp3) is 0.0909. The van der Waals surface area contributed by atoms with E-state index in [0.29, 0.717) is 12.1 Å². The van der Waals surface area contributed by atoms with Crippen LogP contribution in [0.3, 0.4) is 0 Å². The minimum Gasteiger partial charge on any atom is -0.336 e. The Balaban J connectivity index is 2.34. The van der Waals surface area contributed by atoms with Crippen molar-refractivity contribution in [3.8, 4) is 0 Å². The summed E-state index contributed by atoms with van der Waals surface area (Å²) in [4.78, 5) is 16.4. The number of benzene rings is 1. The van der Waals surface area contributed by atoms with Gasteiger partial charge in [-0.25, -0.2) is 4.39 Å². The van der Waals surface area contributed by atoms with E-state index in [2.05, 4.69) is 9.97 Å². The molecule has 0 saturated heterocycles. The molecule has 1 heterocycles. The van der Waals surface area contributed by atoms with Gasteiger partial charge in [0, 0.05) is 18.2 Å². The van der Waals surface area contributed by atoms with E-state index in [-0.39, 0.29) is 16.1 Å². The minimum absolute atomic E-state index is 0.254. The lowest BCUT2D eigenvalue weighted by Crippen LogP contribution is -2.08. The zero-order chi connectivity index (χ0) is 11.5. The Kier molecular flexibility index (Phi) is 2.96. The van der Waals surface area contributed by atoms with E-state index in [1.807, 2.05) is 0 Å². The molecule has 2 N–H and O–H groups in total. The van der Waals surface area contributed by atoms with Gasteiger partial charge in [0.2, 0.25) is 0 Å². The van der Waals surface area contributed by atoms with Gasteiger partial charge in [0.05, 0.1) is 0 Å². The summed E-state index contributed by atoms with van der Waals surface area (Å²) >= 11 is 4.84. The lowest BCUT2D eigenvalue weighted by Gasteiger charge is -2.01. The molecule has 0 bridgehead atoms. The fourth-order valence-electron chi connectivity index (χ4n) is 1.48. The Hall–Kier alpha value is -1.75. The van der Waals surface area contributed by atoms with E-state index in [1.165, 1.54) is 18.2 Å². The largest absolute Gasteiger partial charge is 0.336 e. The summed E-state index contributed by atoms with van der Waals surface area (Å²) in [6.07, 6.45) is 0.450. The van der Waals surface area contributed by atoms with Gasteiger partial charge in [-0.3, -0.25) is 9.78 Å². The highest BCUT2D eigenvalue weighted by Gasteiger charge is 1.99. The molecule has 0 spiro atoms. The number of hydrogen-bond acceptors (Lipinski definition) is 2. The van der Waals surface area contributed by atoms with Crippen LogP contribution in [0.15, 0.2) is 35.1 Å². The van der Waals surface area contributed by atoms with Crippen LogP contribution in [0.4, 0.5) is 4.39 Å². The van der Waals surface area contributed by atoms with Gasteiger partial charge in [-0.2, -0.15) is 0 Å². The standard InChI is InChI=1S/C11H9FN2OS/c12-8-3-1-2-7(4-8)5-9-6-10(15)14-11(16)13-9/h1-4,6H,5H2,(H2,13,14,15,16). The third-order valence-corrected chi connectivity index (χ3v) is 2.30. The third-order valence-electron chi connectivity index (χ3n) is 2.10. The van der Waals surface area contributed by atoms with Crippen LogP contribution in [0.2, 0.25) is 0 Å². The molecular formula is C11H9FN2OS. The van der Waals surface area contributed by atoms with Crippen LogP contribution in [0.1, 0.15) is 11.3 Å². The fourth-order valence-corrected chi connectivity index (χ4v) is 1.71. The normalized spacial score (nSPS) is 10.3. The summed E-state index contributed by atoms with van der Waals surface area (Å²) in [5.41, 5.74) is 1.20. The molecule has 0 saturated carbocycles. The summed E-state index contributed by atoms with van der Waals surface area (Å²) in [5, 5.41) is 0. The Bertz CT molecular complexity index is 589. The second-order valence-corrected chi connectivity index (χ2v) is 3.83. The summed E-state index contributed by atoms with van der Waals surface area (Å²) in [6, 6.07) is 7.65. The molecule has 2 aromatic rings. The first-order chi connectivity index (χ1) is 7.63. The molecule has 0 aliphatic rings. The summed E-state index contributed by atoms with van der Waals surface area (Å²) in [6.45, 7) is 0. The third kappa shape index (κ3) is 2.64. The maximum Gasteiger partial charge on any atom is 0.251 e. The van der Waals surface area contributed by atoms with Crippen LogP contribution in [0, 0.1) is 10.6 Å². The molecule has 0 aliphatic carbocycles. The number of H-pyrrole nitrogens is 2. The molecular weight excluding hydrogens is 227 g/mol. The quantitative estimate of drug-likeness (QED) is 0.785. The monoisotopic (exact) mass is 236 g/mol. The second-order valence-electron chi connectivity index (χ2n) is 3.42. The van der Waals surface area contributed by atoms with Crippen LogP contribution >= 0.6 is 12.2 Å². The summed E-state index contributed by atoms with van der Waals surface area (Å²) in [7, 11) is 0. The number of aromatic nitrogens is 2. The maximum atomic E-state index is 12.9. The van der Waals surface area contributed by atoms with Crippen molar-refractivity contribution in [1.29, 1.82) is 0 Å². The Labute approximate surface area is 96.0 Å². The van der Waals surface area contributed by atoms with Gasteiger partial charge in [0.15, 0.2) is 4.77 Å². The van der Waals surface area contributed by atoms with Crippen molar-refractivity contribution in [2.75, 3.05) is 0 Å². The molecule has 0 unspecified atom stereocenters. The lowest BCUT2D eigenvalue weighted by atomic mass is 10.1. The number of nitrogens with one attached hydrogen (secondary N) is 2. The Morgan fingerprint density at radius 2 is 2.06 bits per heavy atom. The van der Waals surface area contributed by atoms with Crippen molar-refractivity contribution >= 4 is 12.2 Å². The first kappa shape index (κ1) is 10.8. The van der Waals surface area contributed by atoms with E-state index < -0.39 is 0 Å². The highest BCUT2D eigenvalue weighted by molar-refractivity contribution is 7.71.